The van der Waals surface area contributed by atoms with E-state index in [9.17, 15) is 14.5 Å². The van der Waals surface area contributed by atoms with Crippen molar-refractivity contribution in [1.29, 1.82) is 0 Å². The number of nitro groups is 1. The van der Waals surface area contributed by atoms with E-state index >= 15 is 0 Å². The summed E-state index contributed by atoms with van der Waals surface area (Å²) in [7, 11) is 0. The highest BCUT2D eigenvalue weighted by Crippen LogP contribution is 2.08. The van der Waals surface area contributed by atoms with E-state index in [4.69, 9.17) is 0 Å². The zero-order valence-electron chi connectivity index (χ0n) is 8.08. The Morgan fingerprint density at radius 1 is 1.54 bits per heavy atom. The van der Waals surface area contributed by atoms with Crippen molar-refractivity contribution in [2.75, 3.05) is 0 Å². The molecule has 0 aromatic carbocycles. The lowest BCUT2D eigenvalue weighted by Crippen LogP contribution is -1.97. The zero-order valence-corrected chi connectivity index (χ0v) is 8.08. The molecule has 3 nitrogen and oxygen atoms in total. The summed E-state index contributed by atoms with van der Waals surface area (Å²) in [5, 5.41) is 10.0. The Balaban J connectivity index is 0. The van der Waals surface area contributed by atoms with Crippen LogP contribution in [0, 0.1) is 10.1 Å². The van der Waals surface area contributed by atoms with Gasteiger partial charge in [0.05, 0.1) is 4.92 Å². The van der Waals surface area contributed by atoms with Crippen molar-refractivity contribution in [3.63, 3.8) is 0 Å². The summed E-state index contributed by atoms with van der Waals surface area (Å²) in [6.07, 6.45) is 4.00. The van der Waals surface area contributed by atoms with Crippen molar-refractivity contribution in [1.82, 2.24) is 0 Å². The van der Waals surface area contributed by atoms with Gasteiger partial charge in [0.25, 0.3) is 0 Å². The number of rotatable bonds is 3. The molecule has 0 aromatic heterocycles. The maximum atomic E-state index is 12.2. The van der Waals surface area contributed by atoms with Crippen LogP contribution in [0.2, 0.25) is 0 Å². The minimum absolute atomic E-state index is 0.608. The fraction of sp³-hybridized carbons (Fsp3) is 0.333. The molecule has 0 N–H and O–H groups in total. The van der Waals surface area contributed by atoms with Gasteiger partial charge in [-0.25, -0.2) is 4.39 Å². The van der Waals surface area contributed by atoms with E-state index in [0.717, 1.165) is 6.08 Å². The van der Waals surface area contributed by atoms with Crippen LogP contribution < -0.4 is 0 Å². The molecule has 0 saturated carbocycles. The molecule has 0 aliphatic heterocycles. The smallest absolute Gasteiger partial charge is 0.258 e. The Morgan fingerprint density at radius 3 is 2.23 bits per heavy atom. The molecule has 0 spiro atoms. The van der Waals surface area contributed by atoms with Gasteiger partial charge in [0.1, 0.15) is 0 Å². The van der Waals surface area contributed by atoms with Crippen LogP contribution in [-0.4, -0.2) is 4.92 Å². The summed E-state index contributed by atoms with van der Waals surface area (Å²) in [5.74, 6) is -1.03. The van der Waals surface area contributed by atoms with Gasteiger partial charge in [-0.05, 0) is 6.92 Å². The Kier molecular flexibility index (Phi) is 9.37. The quantitative estimate of drug-likeness (QED) is 0.386. The van der Waals surface area contributed by atoms with E-state index < -0.39 is 16.4 Å². The molecule has 0 fully saturated rings. The average Bonchev–Trinajstić information content (AvgIpc) is 2.07. The van der Waals surface area contributed by atoms with Crippen LogP contribution in [0.3, 0.4) is 0 Å². The second-order valence-corrected chi connectivity index (χ2v) is 1.74. The highest BCUT2D eigenvalue weighted by molar-refractivity contribution is 5.19. The molecule has 0 unspecified atom stereocenters. The molecule has 0 rings (SSSR count). The van der Waals surface area contributed by atoms with Gasteiger partial charge in [-0.15, -0.1) is 0 Å². The maximum Gasteiger partial charge on any atom is 0.304 e. The van der Waals surface area contributed by atoms with Gasteiger partial charge in [-0.3, -0.25) is 10.1 Å². The summed E-state index contributed by atoms with van der Waals surface area (Å²) in [6.45, 7) is 8.49. The lowest BCUT2D eigenvalue weighted by Gasteiger charge is -1.89. The monoisotopic (exact) mass is 187 g/mol. The molecule has 13 heavy (non-hydrogen) atoms. The first kappa shape index (κ1) is 14.1. The van der Waals surface area contributed by atoms with Gasteiger partial charge in [-0.2, -0.15) is 0 Å². The van der Waals surface area contributed by atoms with Crippen LogP contribution in [0.1, 0.15) is 20.8 Å². The third-order valence-corrected chi connectivity index (χ3v) is 0.921. The largest absolute Gasteiger partial charge is 0.304 e. The number of nitrogens with zero attached hydrogens (tertiary/aromatic N) is 1. The molecule has 0 aromatic rings. The molecule has 0 bridgehead atoms. The van der Waals surface area contributed by atoms with E-state index in [0.29, 0.717) is 0 Å². The first-order valence-electron chi connectivity index (χ1n) is 3.91. The molecule has 4 heteroatoms. The highest BCUT2D eigenvalue weighted by Gasteiger charge is 2.12. The number of halogens is 1. The molecule has 0 aliphatic rings. The number of hydrogen-bond acceptors (Lipinski definition) is 2. The Bertz CT molecular complexity index is 216. The predicted octanol–water partition coefficient (Wildman–Crippen LogP) is 3.23. The SMILES string of the molecule is C=C(F)/C(=C\C=C/C)[N+](=O)[O-].CC. The maximum absolute atomic E-state index is 12.2. The normalized spacial score (nSPS) is 10.6. The summed E-state index contributed by atoms with van der Waals surface area (Å²) in [5.41, 5.74) is -0.608. The van der Waals surface area contributed by atoms with Crippen molar-refractivity contribution in [2.24, 2.45) is 0 Å². The fourth-order valence-corrected chi connectivity index (χ4v) is 0.438. The molecular weight excluding hydrogens is 173 g/mol. The van der Waals surface area contributed by atoms with E-state index in [1.807, 2.05) is 13.8 Å². The molecule has 0 heterocycles. The minimum Gasteiger partial charge on any atom is -0.258 e. The third-order valence-electron chi connectivity index (χ3n) is 0.921. The topological polar surface area (TPSA) is 43.1 Å². The molecule has 74 valence electrons. The lowest BCUT2D eigenvalue weighted by atomic mass is 10.3. The first-order chi connectivity index (χ1) is 6.09. The van der Waals surface area contributed by atoms with Crippen molar-refractivity contribution in [2.45, 2.75) is 20.8 Å². The second-order valence-electron chi connectivity index (χ2n) is 1.74. The van der Waals surface area contributed by atoms with Crippen LogP contribution in [0.25, 0.3) is 0 Å². The zero-order chi connectivity index (χ0) is 10.9. The standard InChI is InChI=1S/C7H8FNO2.C2H6/c1-3-4-5-7(6(2)8)9(10)11;1-2/h3-5H,2H2,1H3;1-2H3/b4-3-,7-5+;. The van der Waals surface area contributed by atoms with E-state index in [1.165, 1.54) is 6.08 Å². The van der Waals surface area contributed by atoms with Crippen molar-refractivity contribution >= 4 is 0 Å². The molecule has 0 amide bonds. The summed E-state index contributed by atoms with van der Waals surface area (Å²) in [4.78, 5) is 9.23. The predicted molar refractivity (Wildman–Crippen MR) is 51.5 cm³/mol. The highest BCUT2D eigenvalue weighted by atomic mass is 19.1. The first-order valence-corrected chi connectivity index (χ1v) is 3.91. The molecule has 0 aliphatic carbocycles. The summed E-state index contributed by atoms with van der Waals surface area (Å²) >= 11 is 0. The van der Waals surface area contributed by atoms with Crippen molar-refractivity contribution in [3.05, 3.63) is 46.4 Å². The van der Waals surface area contributed by atoms with Crippen LogP contribution in [0.15, 0.2) is 36.3 Å². The molecular formula is C9H14FNO2. The van der Waals surface area contributed by atoms with Gasteiger partial charge in [0, 0.05) is 6.08 Å². The fourth-order valence-electron chi connectivity index (χ4n) is 0.438. The van der Waals surface area contributed by atoms with Crippen LogP contribution in [0.4, 0.5) is 4.39 Å². The Morgan fingerprint density at radius 2 is 2.00 bits per heavy atom. The van der Waals surface area contributed by atoms with E-state index in [2.05, 4.69) is 6.58 Å². The second kappa shape index (κ2) is 8.64. The Labute approximate surface area is 77.4 Å². The van der Waals surface area contributed by atoms with Crippen molar-refractivity contribution in [3.8, 4) is 0 Å². The average molecular weight is 187 g/mol. The number of hydrogen-bond donors (Lipinski definition) is 0. The minimum atomic E-state index is -1.03. The number of allylic oxidation sites excluding steroid dienone is 4. The molecule has 0 radical (unpaired) electrons. The van der Waals surface area contributed by atoms with Crippen LogP contribution >= 0.6 is 0 Å². The van der Waals surface area contributed by atoms with Crippen molar-refractivity contribution < 1.29 is 9.31 Å². The van der Waals surface area contributed by atoms with Gasteiger partial charge in [-0.1, -0.05) is 32.6 Å². The van der Waals surface area contributed by atoms with Gasteiger partial charge < -0.3 is 0 Å². The van der Waals surface area contributed by atoms with Gasteiger partial charge >= 0.3 is 5.70 Å². The van der Waals surface area contributed by atoms with Gasteiger partial charge in [0.15, 0.2) is 5.83 Å². The summed E-state index contributed by atoms with van der Waals surface area (Å²) < 4.78 is 12.2. The van der Waals surface area contributed by atoms with Crippen LogP contribution in [-0.2, 0) is 0 Å². The third kappa shape index (κ3) is 6.93. The van der Waals surface area contributed by atoms with E-state index in [1.54, 1.807) is 13.0 Å². The lowest BCUT2D eigenvalue weighted by molar-refractivity contribution is -0.422. The summed E-state index contributed by atoms with van der Waals surface area (Å²) in [6, 6.07) is 0. The van der Waals surface area contributed by atoms with E-state index in [-0.39, 0.29) is 0 Å². The Hall–Kier alpha value is -1.45. The molecule has 0 atom stereocenters. The van der Waals surface area contributed by atoms with Gasteiger partial charge in [0.2, 0.25) is 0 Å². The van der Waals surface area contributed by atoms with Crippen LogP contribution in [0.5, 0.6) is 0 Å². The molecule has 0 saturated heterocycles.